The fraction of sp³-hybridized carbons (Fsp3) is 0.348. The number of hydrogen-bond donors (Lipinski definition) is 3. The van der Waals surface area contributed by atoms with Gasteiger partial charge in [0, 0.05) is 11.1 Å². The topological polar surface area (TPSA) is 90.9 Å². The number of benzene rings is 2. The van der Waals surface area contributed by atoms with Crippen LogP contribution in [-0.2, 0) is 11.2 Å². The molecular formula is C23H28N4O2. The maximum atomic E-state index is 11.9. The molecule has 6 heteroatoms. The number of H-pyrrole nitrogens is 1. The van der Waals surface area contributed by atoms with Crippen LogP contribution in [0.4, 0.5) is 5.69 Å². The molecule has 0 aliphatic carbocycles. The number of aromatic amines is 1. The Kier molecular flexibility index (Phi) is 7.00. The molecule has 0 fully saturated rings. The molecule has 1 amide bonds. The molecule has 6 nitrogen and oxygen atoms in total. The summed E-state index contributed by atoms with van der Waals surface area (Å²) in [4.78, 5) is 11.9. The molecule has 3 rings (SSSR count). The quantitative estimate of drug-likeness (QED) is 0.246. The number of unbranched alkanes of at least 4 members (excludes halogenated alkanes) is 5. The highest BCUT2D eigenvalue weighted by Gasteiger charge is 2.16. The molecule has 0 aliphatic heterocycles. The van der Waals surface area contributed by atoms with Crippen molar-refractivity contribution in [1.82, 2.24) is 15.4 Å². The van der Waals surface area contributed by atoms with E-state index in [9.17, 15) is 9.90 Å². The van der Waals surface area contributed by atoms with Crippen molar-refractivity contribution in [2.24, 2.45) is 0 Å². The van der Waals surface area contributed by atoms with Gasteiger partial charge in [0.15, 0.2) is 0 Å². The van der Waals surface area contributed by atoms with Crippen molar-refractivity contribution in [2.75, 3.05) is 5.32 Å². The molecule has 0 unspecified atom stereocenters. The van der Waals surface area contributed by atoms with Crippen LogP contribution in [0.2, 0.25) is 0 Å². The third-order valence-corrected chi connectivity index (χ3v) is 5.07. The Balaban J connectivity index is 1.92. The van der Waals surface area contributed by atoms with Crippen LogP contribution in [0.1, 0.15) is 51.0 Å². The molecular weight excluding hydrogens is 364 g/mol. The number of aryl methyl sites for hydroxylation is 1. The van der Waals surface area contributed by atoms with Gasteiger partial charge in [-0.3, -0.25) is 4.79 Å². The summed E-state index contributed by atoms with van der Waals surface area (Å²) in [6.07, 6.45) is 9.33. The number of amides is 1. The molecule has 0 bridgehead atoms. The monoisotopic (exact) mass is 392 g/mol. The van der Waals surface area contributed by atoms with E-state index in [4.69, 9.17) is 0 Å². The van der Waals surface area contributed by atoms with E-state index >= 15 is 0 Å². The second-order valence-corrected chi connectivity index (χ2v) is 7.25. The number of rotatable bonds is 10. The highest BCUT2D eigenvalue weighted by molar-refractivity contribution is 6.02. The molecule has 0 atom stereocenters. The van der Waals surface area contributed by atoms with Crippen LogP contribution in [0.5, 0.6) is 5.75 Å². The predicted molar refractivity (Wildman–Crippen MR) is 117 cm³/mol. The highest BCUT2D eigenvalue weighted by atomic mass is 16.3. The fourth-order valence-electron chi connectivity index (χ4n) is 3.52. The number of nitrogens with one attached hydrogen (secondary N) is 2. The van der Waals surface area contributed by atoms with Crippen molar-refractivity contribution in [3.63, 3.8) is 0 Å². The van der Waals surface area contributed by atoms with Gasteiger partial charge in [0.2, 0.25) is 5.91 Å². The first-order valence-corrected chi connectivity index (χ1v) is 10.2. The lowest BCUT2D eigenvalue weighted by Crippen LogP contribution is -2.08. The second kappa shape index (κ2) is 9.87. The third-order valence-electron chi connectivity index (χ3n) is 5.07. The van der Waals surface area contributed by atoms with Crippen LogP contribution in [0.25, 0.3) is 22.2 Å². The molecule has 0 saturated carbocycles. The van der Waals surface area contributed by atoms with Crippen LogP contribution in [-0.4, -0.2) is 26.4 Å². The van der Waals surface area contributed by atoms with Gasteiger partial charge in [-0.25, -0.2) is 0 Å². The van der Waals surface area contributed by atoms with Crippen molar-refractivity contribution < 1.29 is 9.90 Å². The van der Waals surface area contributed by atoms with E-state index in [2.05, 4.69) is 34.2 Å². The highest BCUT2D eigenvalue weighted by Crippen LogP contribution is 2.39. The SMILES string of the molecule is C=CC(=O)Nc1cc(CCCCCCCC)cc(-c2cccc3n[nH]nc23)c1O. The van der Waals surface area contributed by atoms with Gasteiger partial charge in [-0.05, 0) is 42.7 Å². The van der Waals surface area contributed by atoms with Crippen molar-refractivity contribution in [2.45, 2.75) is 51.9 Å². The van der Waals surface area contributed by atoms with E-state index < -0.39 is 0 Å². The summed E-state index contributed by atoms with van der Waals surface area (Å²) in [6.45, 7) is 5.71. The summed E-state index contributed by atoms with van der Waals surface area (Å²) in [6, 6.07) is 9.46. The molecule has 0 radical (unpaired) electrons. The number of para-hydroxylation sites is 1. The molecule has 1 heterocycles. The summed E-state index contributed by atoms with van der Waals surface area (Å²) in [5.41, 5.74) is 4.25. The van der Waals surface area contributed by atoms with E-state index in [1.807, 2.05) is 30.3 Å². The van der Waals surface area contributed by atoms with E-state index in [1.54, 1.807) is 0 Å². The zero-order valence-electron chi connectivity index (χ0n) is 16.9. The third kappa shape index (κ3) is 5.02. The summed E-state index contributed by atoms with van der Waals surface area (Å²) >= 11 is 0. The number of phenols is 1. The zero-order chi connectivity index (χ0) is 20.6. The Morgan fingerprint density at radius 3 is 2.72 bits per heavy atom. The lowest BCUT2D eigenvalue weighted by Gasteiger charge is -2.14. The maximum Gasteiger partial charge on any atom is 0.247 e. The Morgan fingerprint density at radius 2 is 1.93 bits per heavy atom. The number of hydrogen-bond acceptors (Lipinski definition) is 4. The number of fused-ring (bicyclic) bond motifs is 1. The van der Waals surface area contributed by atoms with Crippen LogP contribution in [0.15, 0.2) is 43.0 Å². The summed E-state index contributed by atoms with van der Waals surface area (Å²) in [5, 5.41) is 24.6. The lowest BCUT2D eigenvalue weighted by atomic mass is 9.96. The summed E-state index contributed by atoms with van der Waals surface area (Å²) < 4.78 is 0. The number of aromatic hydroxyl groups is 1. The number of anilines is 1. The van der Waals surface area contributed by atoms with Gasteiger partial charge in [0.1, 0.15) is 16.8 Å². The van der Waals surface area contributed by atoms with Crippen molar-refractivity contribution in [3.8, 4) is 16.9 Å². The van der Waals surface area contributed by atoms with E-state index in [-0.39, 0.29) is 11.7 Å². The number of phenolic OH excluding ortho intramolecular Hbond substituents is 1. The predicted octanol–water partition coefficient (Wildman–Crippen LogP) is 5.36. The molecule has 29 heavy (non-hydrogen) atoms. The minimum Gasteiger partial charge on any atom is -0.505 e. The van der Waals surface area contributed by atoms with E-state index in [1.165, 1.54) is 38.2 Å². The molecule has 152 valence electrons. The smallest absolute Gasteiger partial charge is 0.247 e. The van der Waals surface area contributed by atoms with Gasteiger partial charge in [-0.15, -0.1) is 0 Å². The minimum absolute atomic E-state index is 0.0161. The molecule has 0 saturated heterocycles. The first-order valence-electron chi connectivity index (χ1n) is 10.2. The molecule has 0 aliphatic rings. The van der Waals surface area contributed by atoms with Gasteiger partial charge in [0.25, 0.3) is 0 Å². The minimum atomic E-state index is -0.359. The van der Waals surface area contributed by atoms with Crippen LogP contribution < -0.4 is 5.32 Å². The number of carbonyl (C=O) groups excluding carboxylic acids is 1. The zero-order valence-corrected chi connectivity index (χ0v) is 16.9. The summed E-state index contributed by atoms with van der Waals surface area (Å²) in [7, 11) is 0. The summed E-state index contributed by atoms with van der Waals surface area (Å²) in [5.74, 6) is -0.343. The molecule has 0 spiro atoms. The average Bonchev–Trinajstić information content (AvgIpc) is 3.21. The van der Waals surface area contributed by atoms with Gasteiger partial charge in [-0.1, -0.05) is 57.7 Å². The average molecular weight is 393 g/mol. The fourth-order valence-corrected chi connectivity index (χ4v) is 3.52. The van der Waals surface area contributed by atoms with Gasteiger partial charge in [0.05, 0.1) is 5.69 Å². The van der Waals surface area contributed by atoms with E-state index in [0.717, 1.165) is 29.5 Å². The molecule has 2 aromatic carbocycles. The van der Waals surface area contributed by atoms with Crippen LogP contribution in [0, 0.1) is 0 Å². The maximum absolute atomic E-state index is 11.9. The standard InChI is InChI=1S/C23H28N4O2/c1-3-5-6-7-8-9-11-16-14-18(23(29)20(15-16)24-21(28)4-2)17-12-10-13-19-22(17)26-27-25-19/h4,10,12-15,29H,2-3,5-9,11H2,1H3,(H,24,28)(H,25,26,27). The normalized spacial score (nSPS) is 10.9. The van der Waals surface area contributed by atoms with Gasteiger partial charge >= 0.3 is 0 Å². The second-order valence-electron chi connectivity index (χ2n) is 7.25. The first kappa shape index (κ1) is 20.6. The van der Waals surface area contributed by atoms with Crippen molar-refractivity contribution in [3.05, 3.63) is 48.6 Å². The number of aromatic nitrogens is 3. The Bertz CT molecular complexity index is 994. The Morgan fingerprint density at radius 1 is 1.14 bits per heavy atom. The van der Waals surface area contributed by atoms with Gasteiger partial charge in [-0.2, -0.15) is 15.4 Å². The van der Waals surface area contributed by atoms with Crippen LogP contribution >= 0.6 is 0 Å². The molecule has 1 aromatic heterocycles. The molecule has 3 aromatic rings. The largest absolute Gasteiger partial charge is 0.505 e. The van der Waals surface area contributed by atoms with E-state index in [0.29, 0.717) is 16.8 Å². The Labute approximate surface area is 171 Å². The van der Waals surface area contributed by atoms with Crippen molar-refractivity contribution >= 4 is 22.6 Å². The lowest BCUT2D eigenvalue weighted by molar-refractivity contribution is -0.111. The molecule has 3 N–H and O–H groups in total. The van der Waals surface area contributed by atoms with Crippen LogP contribution in [0.3, 0.4) is 0 Å². The van der Waals surface area contributed by atoms with Crippen molar-refractivity contribution in [1.29, 1.82) is 0 Å². The number of nitrogens with zero attached hydrogens (tertiary/aromatic N) is 2. The van der Waals surface area contributed by atoms with Gasteiger partial charge < -0.3 is 10.4 Å². The first-order chi connectivity index (χ1) is 14.1. The Hall–Kier alpha value is -3.15. The number of carbonyl (C=O) groups is 1.